The maximum Gasteiger partial charge on any atom is 0.185 e. The molecule has 1 aliphatic heterocycles. The Bertz CT molecular complexity index is 449. The SMILES string of the molecule is CC(C)CN1CCN(c2nc3c(s2)CCCC3N)CC1. The van der Waals surface area contributed by atoms with Gasteiger partial charge in [0.1, 0.15) is 0 Å². The Labute approximate surface area is 126 Å². The van der Waals surface area contributed by atoms with Crippen molar-refractivity contribution in [2.45, 2.75) is 39.2 Å². The van der Waals surface area contributed by atoms with Crippen molar-refractivity contribution in [3.63, 3.8) is 0 Å². The minimum absolute atomic E-state index is 0.172. The van der Waals surface area contributed by atoms with Crippen LogP contribution in [0.25, 0.3) is 0 Å². The van der Waals surface area contributed by atoms with Gasteiger partial charge in [0.15, 0.2) is 5.13 Å². The molecule has 1 aromatic rings. The Balaban J connectivity index is 1.64. The standard InChI is InChI=1S/C15H26N4S/c1-11(2)10-18-6-8-19(9-7-18)15-17-14-12(16)4-3-5-13(14)20-15/h11-12H,3-10,16H2,1-2H3. The maximum atomic E-state index is 6.18. The Kier molecular flexibility index (Phi) is 4.29. The van der Waals surface area contributed by atoms with Crippen LogP contribution in [0.2, 0.25) is 0 Å². The molecule has 0 amide bonds. The van der Waals surface area contributed by atoms with Crippen molar-refractivity contribution in [2.75, 3.05) is 37.6 Å². The first-order valence-corrected chi connectivity index (χ1v) is 8.67. The summed E-state index contributed by atoms with van der Waals surface area (Å²) in [5.41, 5.74) is 7.36. The summed E-state index contributed by atoms with van der Waals surface area (Å²) in [6, 6.07) is 0.172. The van der Waals surface area contributed by atoms with E-state index in [1.54, 1.807) is 0 Å². The first-order chi connectivity index (χ1) is 9.63. The second kappa shape index (κ2) is 6.00. The van der Waals surface area contributed by atoms with E-state index in [-0.39, 0.29) is 6.04 Å². The van der Waals surface area contributed by atoms with E-state index in [9.17, 15) is 0 Å². The molecule has 1 atom stereocenters. The number of nitrogens with zero attached hydrogens (tertiary/aromatic N) is 3. The molecule has 1 aliphatic carbocycles. The summed E-state index contributed by atoms with van der Waals surface area (Å²) in [4.78, 5) is 11.3. The fraction of sp³-hybridized carbons (Fsp3) is 0.800. The molecule has 112 valence electrons. The van der Waals surface area contributed by atoms with Crippen LogP contribution in [0.1, 0.15) is 43.3 Å². The minimum atomic E-state index is 0.172. The quantitative estimate of drug-likeness (QED) is 0.929. The highest BCUT2D eigenvalue weighted by molar-refractivity contribution is 7.15. The molecule has 0 bridgehead atoms. The normalized spacial score (nSPS) is 24.2. The molecule has 2 heterocycles. The lowest BCUT2D eigenvalue weighted by atomic mass is 9.99. The van der Waals surface area contributed by atoms with Crippen LogP contribution in [0.5, 0.6) is 0 Å². The van der Waals surface area contributed by atoms with Crippen molar-refractivity contribution >= 4 is 16.5 Å². The molecule has 1 fully saturated rings. The number of piperazine rings is 1. The summed E-state index contributed by atoms with van der Waals surface area (Å²) in [6.45, 7) is 10.3. The van der Waals surface area contributed by atoms with Crippen LogP contribution >= 0.6 is 11.3 Å². The predicted molar refractivity (Wildman–Crippen MR) is 85.5 cm³/mol. The molecule has 1 saturated heterocycles. The molecular weight excluding hydrogens is 268 g/mol. The van der Waals surface area contributed by atoms with Gasteiger partial charge in [-0.2, -0.15) is 0 Å². The molecule has 20 heavy (non-hydrogen) atoms. The fourth-order valence-corrected chi connectivity index (χ4v) is 4.44. The van der Waals surface area contributed by atoms with Crippen LogP contribution in [0, 0.1) is 5.92 Å². The van der Waals surface area contributed by atoms with Crippen LogP contribution in [0.4, 0.5) is 5.13 Å². The van der Waals surface area contributed by atoms with E-state index in [0.717, 1.165) is 38.5 Å². The van der Waals surface area contributed by atoms with Gasteiger partial charge in [0.25, 0.3) is 0 Å². The third-order valence-corrected chi connectivity index (χ3v) is 5.44. The van der Waals surface area contributed by atoms with Crippen LogP contribution in [0.15, 0.2) is 0 Å². The summed E-state index contributed by atoms with van der Waals surface area (Å²) in [5, 5.41) is 1.21. The van der Waals surface area contributed by atoms with Gasteiger partial charge in [-0.3, -0.25) is 4.90 Å². The van der Waals surface area contributed by atoms with Crippen LogP contribution in [0.3, 0.4) is 0 Å². The average Bonchev–Trinajstić information content (AvgIpc) is 2.84. The molecule has 2 aliphatic rings. The smallest absolute Gasteiger partial charge is 0.185 e. The first-order valence-electron chi connectivity index (χ1n) is 7.86. The number of hydrogen-bond acceptors (Lipinski definition) is 5. The van der Waals surface area contributed by atoms with Crippen molar-refractivity contribution in [3.8, 4) is 0 Å². The second-order valence-corrected chi connectivity index (χ2v) is 7.55. The molecule has 1 aromatic heterocycles. The zero-order valence-corrected chi connectivity index (χ0v) is 13.5. The van der Waals surface area contributed by atoms with Gasteiger partial charge in [-0.05, 0) is 25.2 Å². The van der Waals surface area contributed by atoms with Crippen LogP contribution in [-0.4, -0.2) is 42.6 Å². The van der Waals surface area contributed by atoms with Gasteiger partial charge in [0.2, 0.25) is 0 Å². The number of thiazole rings is 1. The molecule has 0 aromatic carbocycles. The molecule has 2 N–H and O–H groups in total. The highest BCUT2D eigenvalue weighted by atomic mass is 32.1. The van der Waals surface area contributed by atoms with Gasteiger partial charge in [-0.1, -0.05) is 13.8 Å². The number of aromatic nitrogens is 1. The summed E-state index contributed by atoms with van der Waals surface area (Å²) in [6.07, 6.45) is 3.49. The number of nitrogens with two attached hydrogens (primary N) is 1. The number of rotatable bonds is 3. The highest BCUT2D eigenvalue weighted by Gasteiger charge is 2.25. The summed E-state index contributed by atoms with van der Waals surface area (Å²) in [5.74, 6) is 0.756. The van der Waals surface area contributed by atoms with Crippen molar-refractivity contribution in [1.82, 2.24) is 9.88 Å². The van der Waals surface area contributed by atoms with E-state index in [0.29, 0.717) is 0 Å². The highest BCUT2D eigenvalue weighted by Crippen LogP contribution is 2.35. The molecule has 5 heteroatoms. The molecule has 1 unspecified atom stereocenters. The van der Waals surface area contributed by atoms with Crippen LogP contribution in [-0.2, 0) is 6.42 Å². The van der Waals surface area contributed by atoms with Crippen LogP contribution < -0.4 is 10.6 Å². The van der Waals surface area contributed by atoms with E-state index in [1.807, 2.05) is 11.3 Å². The Morgan fingerprint density at radius 2 is 2.05 bits per heavy atom. The molecule has 3 rings (SSSR count). The molecule has 0 radical (unpaired) electrons. The monoisotopic (exact) mass is 294 g/mol. The number of anilines is 1. The largest absolute Gasteiger partial charge is 0.346 e. The summed E-state index contributed by atoms with van der Waals surface area (Å²) in [7, 11) is 0. The number of hydrogen-bond donors (Lipinski definition) is 1. The van der Waals surface area contributed by atoms with Gasteiger partial charge < -0.3 is 10.6 Å². The zero-order chi connectivity index (χ0) is 14.1. The van der Waals surface area contributed by atoms with Gasteiger partial charge in [-0.15, -0.1) is 11.3 Å². The molecule has 0 spiro atoms. The van der Waals surface area contributed by atoms with E-state index in [2.05, 4.69) is 23.6 Å². The number of fused-ring (bicyclic) bond motifs is 1. The number of aryl methyl sites for hydroxylation is 1. The topological polar surface area (TPSA) is 45.4 Å². The summed E-state index contributed by atoms with van der Waals surface area (Å²) >= 11 is 1.88. The predicted octanol–water partition coefficient (Wildman–Crippen LogP) is 2.26. The lowest BCUT2D eigenvalue weighted by Crippen LogP contribution is -2.47. The van der Waals surface area contributed by atoms with Gasteiger partial charge in [0, 0.05) is 43.6 Å². The fourth-order valence-electron chi connectivity index (χ4n) is 3.21. The average molecular weight is 294 g/mol. The minimum Gasteiger partial charge on any atom is -0.346 e. The maximum absolute atomic E-state index is 6.18. The molecule has 0 saturated carbocycles. The zero-order valence-electron chi connectivity index (χ0n) is 12.6. The van der Waals surface area contributed by atoms with Crippen molar-refractivity contribution in [1.29, 1.82) is 0 Å². The third kappa shape index (κ3) is 3.00. The van der Waals surface area contributed by atoms with Gasteiger partial charge in [0.05, 0.1) is 5.69 Å². The van der Waals surface area contributed by atoms with Gasteiger partial charge in [-0.25, -0.2) is 4.98 Å². The second-order valence-electron chi connectivity index (χ2n) is 6.49. The summed E-state index contributed by atoms with van der Waals surface area (Å²) < 4.78 is 0. The van der Waals surface area contributed by atoms with E-state index >= 15 is 0 Å². The van der Waals surface area contributed by atoms with Crippen molar-refractivity contribution in [2.24, 2.45) is 11.7 Å². The Hall–Kier alpha value is -0.650. The first kappa shape index (κ1) is 14.3. The lowest BCUT2D eigenvalue weighted by molar-refractivity contribution is 0.231. The Morgan fingerprint density at radius 3 is 2.70 bits per heavy atom. The van der Waals surface area contributed by atoms with E-state index in [4.69, 9.17) is 10.7 Å². The van der Waals surface area contributed by atoms with Crippen molar-refractivity contribution in [3.05, 3.63) is 10.6 Å². The molecular formula is C15H26N4S. The van der Waals surface area contributed by atoms with E-state index < -0.39 is 0 Å². The Morgan fingerprint density at radius 1 is 1.30 bits per heavy atom. The lowest BCUT2D eigenvalue weighted by Gasteiger charge is -2.35. The third-order valence-electron chi connectivity index (χ3n) is 4.25. The van der Waals surface area contributed by atoms with Crippen molar-refractivity contribution < 1.29 is 0 Å². The van der Waals surface area contributed by atoms with E-state index in [1.165, 1.54) is 35.1 Å². The molecule has 4 nitrogen and oxygen atoms in total. The van der Waals surface area contributed by atoms with Gasteiger partial charge >= 0.3 is 0 Å².